The van der Waals surface area contributed by atoms with Gasteiger partial charge in [0.25, 0.3) is 0 Å². The SMILES string of the molecule is CC(=O)NCCNCCc1ccc(F)cc1C. The smallest absolute Gasteiger partial charge is 0.216 e. The van der Waals surface area contributed by atoms with E-state index in [1.807, 2.05) is 13.0 Å². The van der Waals surface area contributed by atoms with Crippen molar-refractivity contribution in [3.63, 3.8) is 0 Å². The van der Waals surface area contributed by atoms with Crippen molar-refractivity contribution < 1.29 is 9.18 Å². The summed E-state index contributed by atoms with van der Waals surface area (Å²) in [5, 5.41) is 5.93. The van der Waals surface area contributed by atoms with Crippen LogP contribution >= 0.6 is 0 Å². The van der Waals surface area contributed by atoms with Crippen molar-refractivity contribution in [3.8, 4) is 0 Å². The van der Waals surface area contributed by atoms with Gasteiger partial charge in [0.2, 0.25) is 5.91 Å². The van der Waals surface area contributed by atoms with E-state index in [4.69, 9.17) is 0 Å². The summed E-state index contributed by atoms with van der Waals surface area (Å²) in [4.78, 5) is 10.6. The summed E-state index contributed by atoms with van der Waals surface area (Å²) in [6.07, 6.45) is 0.867. The second-order valence-corrected chi connectivity index (χ2v) is 4.05. The highest BCUT2D eigenvalue weighted by atomic mass is 19.1. The van der Waals surface area contributed by atoms with Gasteiger partial charge in [0.15, 0.2) is 0 Å². The Morgan fingerprint density at radius 1 is 1.29 bits per heavy atom. The zero-order chi connectivity index (χ0) is 12.7. The molecular formula is C13H19FN2O. The molecule has 0 saturated carbocycles. The van der Waals surface area contributed by atoms with Crippen LogP contribution in [0.25, 0.3) is 0 Å². The van der Waals surface area contributed by atoms with Crippen LogP contribution in [0.4, 0.5) is 4.39 Å². The second-order valence-electron chi connectivity index (χ2n) is 4.05. The Morgan fingerprint density at radius 3 is 2.71 bits per heavy atom. The number of aryl methyl sites for hydroxylation is 1. The molecule has 0 bridgehead atoms. The maximum absolute atomic E-state index is 12.9. The predicted octanol–water partition coefficient (Wildman–Crippen LogP) is 1.40. The summed E-state index contributed by atoms with van der Waals surface area (Å²) in [6, 6.07) is 4.85. The number of rotatable bonds is 6. The average Bonchev–Trinajstić information content (AvgIpc) is 2.25. The third-order valence-corrected chi connectivity index (χ3v) is 2.55. The average molecular weight is 238 g/mol. The zero-order valence-electron chi connectivity index (χ0n) is 10.3. The highest BCUT2D eigenvalue weighted by Crippen LogP contribution is 2.10. The van der Waals surface area contributed by atoms with Gasteiger partial charge in [-0.1, -0.05) is 6.07 Å². The van der Waals surface area contributed by atoms with E-state index < -0.39 is 0 Å². The Labute approximate surface area is 101 Å². The first-order valence-corrected chi connectivity index (χ1v) is 5.80. The number of carbonyl (C=O) groups is 1. The lowest BCUT2D eigenvalue weighted by Gasteiger charge is -2.07. The molecule has 0 fully saturated rings. The highest BCUT2D eigenvalue weighted by Gasteiger charge is 1.99. The quantitative estimate of drug-likeness (QED) is 0.736. The van der Waals surface area contributed by atoms with E-state index in [-0.39, 0.29) is 11.7 Å². The molecule has 0 radical (unpaired) electrons. The van der Waals surface area contributed by atoms with Crippen molar-refractivity contribution in [2.24, 2.45) is 0 Å². The van der Waals surface area contributed by atoms with Gasteiger partial charge in [0.05, 0.1) is 0 Å². The minimum Gasteiger partial charge on any atom is -0.355 e. The van der Waals surface area contributed by atoms with Crippen LogP contribution in [0.3, 0.4) is 0 Å². The first kappa shape index (κ1) is 13.6. The van der Waals surface area contributed by atoms with Crippen LogP contribution in [0, 0.1) is 12.7 Å². The van der Waals surface area contributed by atoms with E-state index in [1.54, 1.807) is 6.07 Å². The predicted molar refractivity (Wildman–Crippen MR) is 66.4 cm³/mol. The van der Waals surface area contributed by atoms with Crippen LogP contribution in [0.2, 0.25) is 0 Å². The molecule has 94 valence electrons. The summed E-state index contributed by atoms with van der Waals surface area (Å²) in [5.41, 5.74) is 2.13. The molecule has 2 N–H and O–H groups in total. The molecular weight excluding hydrogens is 219 g/mol. The lowest BCUT2D eigenvalue weighted by Crippen LogP contribution is -2.31. The van der Waals surface area contributed by atoms with Crippen molar-refractivity contribution in [2.75, 3.05) is 19.6 Å². The van der Waals surface area contributed by atoms with E-state index in [0.29, 0.717) is 6.54 Å². The Morgan fingerprint density at radius 2 is 2.06 bits per heavy atom. The molecule has 3 nitrogen and oxygen atoms in total. The molecule has 0 saturated heterocycles. The molecule has 0 aromatic heterocycles. The van der Waals surface area contributed by atoms with Crippen LogP contribution in [-0.4, -0.2) is 25.5 Å². The van der Waals surface area contributed by atoms with Crippen LogP contribution in [0.5, 0.6) is 0 Å². The first-order valence-electron chi connectivity index (χ1n) is 5.80. The van der Waals surface area contributed by atoms with Gasteiger partial charge in [-0.15, -0.1) is 0 Å². The molecule has 0 aliphatic rings. The number of halogens is 1. The molecule has 1 amide bonds. The fourth-order valence-corrected chi connectivity index (χ4v) is 1.61. The molecule has 0 spiro atoms. The van der Waals surface area contributed by atoms with Gasteiger partial charge >= 0.3 is 0 Å². The first-order chi connectivity index (χ1) is 8.09. The lowest BCUT2D eigenvalue weighted by atomic mass is 10.1. The normalized spacial score (nSPS) is 10.3. The van der Waals surface area contributed by atoms with Gasteiger partial charge in [0, 0.05) is 20.0 Å². The summed E-state index contributed by atoms with van der Waals surface area (Å²) >= 11 is 0. The van der Waals surface area contributed by atoms with Crippen molar-refractivity contribution >= 4 is 5.91 Å². The van der Waals surface area contributed by atoms with Gasteiger partial charge in [0.1, 0.15) is 5.82 Å². The molecule has 1 aromatic carbocycles. The Hall–Kier alpha value is -1.42. The van der Waals surface area contributed by atoms with Crippen molar-refractivity contribution in [2.45, 2.75) is 20.3 Å². The number of carbonyl (C=O) groups excluding carboxylic acids is 1. The monoisotopic (exact) mass is 238 g/mol. The Kier molecular flexibility index (Phi) is 5.63. The van der Waals surface area contributed by atoms with E-state index in [0.717, 1.165) is 30.6 Å². The number of amides is 1. The van der Waals surface area contributed by atoms with Gasteiger partial charge in [-0.25, -0.2) is 4.39 Å². The van der Waals surface area contributed by atoms with Gasteiger partial charge in [-0.05, 0) is 43.1 Å². The highest BCUT2D eigenvalue weighted by molar-refractivity contribution is 5.72. The minimum atomic E-state index is -0.190. The van der Waals surface area contributed by atoms with E-state index in [9.17, 15) is 9.18 Å². The zero-order valence-corrected chi connectivity index (χ0v) is 10.3. The van der Waals surface area contributed by atoms with E-state index in [2.05, 4.69) is 10.6 Å². The third-order valence-electron chi connectivity index (χ3n) is 2.55. The number of benzene rings is 1. The molecule has 0 unspecified atom stereocenters. The van der Waals surface area contributed by atoms with E-state index in [1.165, 1.54) is 13.0 Å². The van der Waals surface area contributed by atoms with Crippen LogP contribution in [0.1, 0.15) is 18.1 Å². The molecule has 17 heavy (non-hydrogen) atoms. The number of hydrogen-bond donors (Lipinski definition) is 2. The van der Waals surface area contributed by atoms with Crippen molar-refractivity contribution in [1.29, 1.82) is 0 Å². The van der Waals surface area contributed by atoms with E-state index >= 15 is 0 Å². The molecule has 0 heterocycles. The molecule has 0 aliphatic carbocycles. The lowest BCUT2D eigenvalue weighted by molar-refractivity contribution is -0.118. The molecule has 1 rings (SSSR count). The largest absolute Gasteiger partial charge is 0.355 e. The summed E-state index contributed by atoms with van der Waals surface area (Å²) in [5.74, 6) is -0.203. The summed E-state index contributed by atoms with van der Waals surface area (Å²) in [7, 11) is 0. The molecule has 1 aromatic rings. The standard InChI is InChI=1S/C13H19FN2O/c1-10-9-13(14)4-3-12(10)5-6-15-7-8-16-11(2)17/h3-4,9,15H,5-8H2,1-2H3,(H,16,17). The van der Waals surface area contributed by atoms with Crippen LogP contribution < -0.4 is 10.6 Å². The van der Waals surface area contributed by atoms with Gasteiger partial charge < -0.3 is 10.6 Å². The van der Waals surface area contributed by atoms with Crippen molar-refractivity contribution in [3.05, 3.63) is 35.1 Å². The second kappa shape index (κ2) is 7.01. The number of nitrogens with one attached hydrogen (secondary N) is 2. The Bertz CT molecular complexity index is 380. The minimum absolute atomic E-state index is 0.0128. The molecule has 0 aliphatic heterocycles. The fourth-order valence-electron chi connectivity index (χ4n) is 1.61. The maximum atomic E-state index is 12.9. The van der Waals surface area contributed by atoms with Crippen LogP contribution in [-0.2, 0) is 11.2 Å². The Balaban J connectivity index is 2.20. The van der Waals surface area contributed by atoms with Crippen LogP contribution in [0.15, 0.2) is 18.2 Å². The molecule has 4 heteroatoms. The van der Waals surface area contributed by atoms with Crippen molar-refractivity contribution in [1.82, 2.24) is 10.6 Å². The van der Waals surface area contributed by atoms with Gasteiger partial charge in [-0.3, -0.25) is 4.79 Å². The topological polar surface area (TPSA) is 41.1 Å². The summed E-state index contributed by atoms with van der Waals surface area (Å²) in [6.45, 7) is 5.63. The molecule has 0 atom stereocenters. The third kappa shape index (κ3) is 5.45. The number of hydrogen-bond acceptors (Lipinski definition) is 2. The summed E-state index contributed by atoms with van der Waals surface area (Å²) < 4.78 is 12.9. The van der Waals surface area contributed by atoms with Gasteiger partial charge in [-0.2, -0.15) is 0 Å². The maximum Gasteiger partial charge on any atom is 0.216 e. The fraction of sp³-hybridized carbons (Fsp3) is 0.462.